The summed E-state index contributed by atoms with van der Waals surface area (Å²) in [6.07, 6.45) is 1.07. The molecule has 0 fully saturated rings. The van der Waals surface area contributed by atoms with E-state index in [2.05, 4.69) is 12.2 Å². The van der Waals surface area contributed by atoms with Crippen LogP contribution in [0.15, 0.2) is 24.3 Å². The minimum atomic E-state index is 0.0863. The SMILES string of the molecule is CCCOc1ccccc1OC(C)CNCCOC. The molecule has 0 aliphatic rings. The van der Waals surface area contributed by atoms with Crippen molar-refractivity contribution in [3.05, 3.63) is 24.3 Å². The van der Waals surface area contributed by atoms with E-state index in [-0.39, 0.29) is 6.10 Å². The molecule has 1 aromatic rings. The van der Waals surface area contributed by atoms with Crippen molar-refractivity contribution in [1.29, 1.82) is 0 Å². The van der Waals surface area contributed by atoms with Crippen LogP contribution in [0.3, 0.4) is 0 Å². The highest BCUT2D eigenvalue weighted by Crippen LogP contribution is 2.27. The maximum atomic E-state index is 5.89. The third-order valence-corrected chi connectivity index (χ3v) is 2.55. The van der Waals surface area contributed by atoms with Crippen molar-refractivity contribution in [3.8, 4) is 11.5 Å². The van der Waals surface area contributed by atoms with E-state index in [9.17, 15) is 0 Å². The topological polar surface area (TPSA) is 39.7 Å². The van der Waals surface area contributed by atoms with Crippen LogP contribution in [0.2, 0.25) is 0 Å². The predicted molar refractivity (Wildman–Crippen MR) is 77.1 cm³/mol. The summed E-state index contributed by atoms with van der Waals surface area (Å²) in [4.78, 5) is 0. The van der Waals surface area contributed by atoms with E-state index < -0.39 is 0 Å². The van der Waals surface area contributed by atoms with Crippen molar-refractivity contribution in [1.82, 2.24) is 5.32 Å². The summed E-state index contributed by atoms with van der Waals surface area (Å²) in [5, 5.41) is 3.28. The van der Waals surface area contributed by atoms with Crippen LogP contribution >= 0.6 is 0 Å². The van der Waals surface area contributed by atoms with Crippen LogP contribution in [-0.4, -0.2) is 39.5 Å². The van der Waals surface area contributed by atoms with Gasteiger partial charge in [-0.05, 0) is 25.5 Å². The monoisotopic (exact) mass is 267 g/mol. The fourth-order valence-electron chi connectivity index (χ4n) is 1.62. The van der Waals surface area contributed by atoms with Crippen molar-refractivity contribution in [3.63, 3.8) is 0 Å². The van der Waals surface area contributed by atoms with E-state index in [4.69, 9.17) is 14.2 Å². The molecule has 0 radical (unpaired) electrons. The number of para-hydroxylation sites is 2. The van der Waals surface area contributed by atoms with Gasteiger partial charge in [0.05, 0.1) is 13.2 Å². The van der Waals surface area contributed by atoms with Crippen LogP contribution in [-0.2, 0) is 4.74 Å². The molecule has 0 aliphatic carbocycles. The van der Waals surface area contributed by atoms with Gasteiger partial charge in [0.2, 0.25) is 0 Å². The minimum absolute atomic E-state index is 0.0863. The number of hydrogen-bond donors (Lipinski definition) is 1. The maximum Gasteiger partial charge on any atom is 0.161 e. The Labute approximate surface area is 116 Å². The van der Waals surface area contributed by atoms with Crippen molar-refractivity contribution < 1.29 is 14.2 Å². The van der Waals surface area contributed by atoms with Gasteiger partial charge in [-0.3, -0.25) is 0 Å². The molecule has 0 saturated carbocycles. The summed E-state index contributed by atoms with van der Waals surface area (Å²) < 4.78 is 16.5. The van der Waals surface area contributed by atoms with Gasteiger partial charge in [-0.15, -0.1) is 0 Å². The normalized spacial score (nSPS) is 12.2. The zero-order valence-electron chi connectivity index (χ0n) is 12.1. The summed E-state index contributed by atoms with van der Waals surface area (Å²) in [7, 11) is 1.70. The molecule has 19 heavy (non-hydrogen) atoms. The van der Waals surface area contributed by atoms with Gasteiger partial charge < -0.3 is 19.5 Å². The van der Waals surface area contributed by atoms with Gasteiger partial charge in [-0.1, -0.05) is 19.1 Å². The fraction of sp³-hybridized carbons (Fsp3) is 0.600. The molecule has 4 heteroatoms. The Morgan fingerprint density at radius 2 is 1.89 bits per heavy atom. The quantitative estimate of drug-likeness (QED) is 0.661. The Morgan fingerprint density at radius 1 is 1.16 bits per heavy atom. The second-order valence-electron chi connectivity index (χ2n) is 4.42. The first-order valence-corrected chi connectivity index (χ1v) is 6.86. The summed E-state index contributed by atoms with van der Waals surface area (Å²) in [5.74, 6) is 1.62. The van der Waals surface area contributed by atoms with Crippen LogP contribution in [0.5, 0.6) is 11.5 Å². The molecule has 4 nitrogen and oxygen atoms in total. The van der Waals surface area contributed by atoms with Gasteiger partial charge in [0.25, 0.3) is 0 Å². The molecule has 108 valence electrons. The summed E-state index contributed by atoms with van der Waals surface area (Å²) in [6, 6.07) is 7.80. The van der Waals surface area contributed by atoms with Gasteiger partial charge in [-0.25, -0.2) is 0 Å². The fourth-order valence-corrected chi connectivity index (χ4v) is 1.62. The number of methoxy groups -OCH3 is 1. The van der Waals surface area contributed by atoms with Crippen LogP contribution in [0, 0.1) is 0 Å². The lowest BCUT2D eigenvalue weighted by Gasteiger charge is -2.18. The number of nitrogens with one attached hydrogen (secondary N) is 1. The molecule has 1 N–H and O–H groups in total. The summed E-state index contributed by atoms with van der Waals surface area (Å²) >= 11 is 0. The van der Waals surface area contributed by atoms with Crippen molar-refractivity contribution >= 4 is 0 Å². The van der Waals surface area contributed by atoms with Gasteiger partial charge in [0.15, 0.2) is 11.5 Å². The molecule has 1 rings (SSSR count). The largest absolute Gasteiger partial charge is 0.490 e. The number of ether oxygens (including phenoxy) is 3. The Hall–Kier alpha value is -1.26. The van der Waals surface area contributed by atoms with Gasteiger partial charge in [0, 0.05) is 20.2 Å². The number of hydrogen-bond acceptors (Lipinski definition) is 4. The first-order valence-electron chi connectivity index (χ1n) is 6.86. The van der Waals surface area contributed by atoms with E-state index in [0.29, 0.717) is 13.2 Å². The minimum Gasteiger partial charge on any atom is -0.490 e. The second-order valence-corrected chi connectivity index (χ2v) is 4.42. The molecule has 0 saturated heterocycles. The lowest BCUT2D eigenvalue weighted by atomic mass is 10.3. The van der Waals surface area contributed by atoms with E-state index >= 15 is 0 Å². The van der Waals surface area contributed by atoms with E-state index in [1.165, 1.54) is 0 Å². The summed E-state index contributed by atoms with van der Waals surface area (Å²) in [5.41, 5.74) is 0. The maximum absolute atomic E-state index is 5.89. The second kappa shape index (κ2) is 9.64. The Kier molecular flexibility index (Phi) is 8.02. The van der Waals surface area contributed by atoms with E-state index in [0.717, 1.165) is 31.0 Å². The van der Waals surface area contributed by atoms with Crippen LogP contribution in [0.4, 0.5) is 0 Å². The zero-order chi connectivity index (χ0) is 13.9. The molecule has 1 aromatic carbocycles. The van der Waals surface area contributed by atoms with E-state index in [1.807, 2.05) is 31.2 Å². The molecule has 0 aromatic heterocycles. The lowest BCUT2D eigenvalue weighted by Crippen LogP contribution is -2.31. The lowest BCUT2D eigenvalue weighted by molar-refractivity contribution is 0.179. The molecule has 1 atom stereocenters. The Bertz CT molecular complexity index is 344. The highest BCUT2D eigenvalue weighted by molar-refractivity contribution is 5.39. The molecular weight excluding hydrogens is 242 g/mol. The molecule has 0 spiro atoms. The molecule has 1 unspecified atom stereocenters. The molecule has 0 bridgehead atoms. The highest BCUT2D eigenvalue weighted by atomic mass is 16.5. The van der Waals surface area contributed by atoms with Gasteiger partial charge in [-0.2, -0.15) is 0 Å². The average molecular weight is 267 g/mol. The summed E-state index contributed by atoms with van der Waals surface area (Å²) in [6.45, 7) is 7.16. The van der Waals surface area contributed by atoms with Crippen molar-refractivity contribution in [2.24, 2.45) is 0 Å². The first kappa shape index (κ1) is 15.8. The standard InChI is InChI=1S/C15H25NO3/c1-4-10-18-14-7-5-6-8-15(14)19-13(2)12-16-9-11-17-3/h5-8,13,16H,4,9-12H2,1-3H3. The average Bonchev–Trinajstić information content (AvgIpc) is 2.43. The molecular formula is C15H25NO3. The van der Waals surface area contributed by atoms with Gasteiger partial charge in [0.1, 0.15) is 6.10 Å². The van der Waals surface area contributed by atoms with Crippen LogP contribution in [0.1, 0.15) is 20.3 Å². The Morgan fingerprint density at radius 3 is 2.58 bits per heavy atom. The van der Waals surface area contributed by atoms with E-state index in [1.54, 1.807) is 7.11 Å². The predicted octanol–water partition coefficient (Wildman–Crippen LogP) is 2.48. The zero-order valence-corrected chi connectivity index (χ0v) is 12.1. The molecule has 0 aliphatic heterocycles. The molecule has 0 amide bonds. The van der Waals surface area contributed by atoms with Crippen LogP contribution < -0.4 is 14.8 Å². The third kappa shape index (κ3) is 6.45. The smallest absolute Gasteiger partial charge is 0.161 e. The highest BCUT2D eigenvalue weighted by Gasteiger charge is 2.08. The number of benzene rings is 1. The third-order valence-electron chi connectivity index (χ3n) is 2.55. The van der Waals surface area contributed by atoms with Gasteiger partial charge >= 0.3 is 0 Å². The van der Waals surface area contributed by atoms with Crippen molar-refractivity contribution in [2.45, 2.75) is 26.4 Å². The number of rotatable bonds is 10. The van der Waals surface area contributed by atoms with Crippen LogP contribution in [0.25, 0.3) is 0 Å². The first-order chi connectivity index (χ1) is 9.27. The molecule has 0 heterocycles. The Balaban J connectivity index is 2.41. The van der Waals surface area contributed by atoms with Crippen molar-refractivity contribution in [2.75, 3.05) is 33.4 Å².